The zero-order chi connectivity index (χ0) is 19.3. The molecular formula is C20H24N8. The molecule has 0 amide bonds. The molecule has 0 bridgehead atoms. The summed E-state index contributed by atoms with van der Waals surface area (Å²) in [5, 5.41) is 23.7. The third kappa shape index (κ3) is 4.21. The Bertz CT molecular complexity index is 981. The van der Waals surface area contributed by atoms with E-state index in [1.54, 1.807) is 0 Å². The van der Waals surface area contributed by atoms with Crippen molar-refractivity contribution in [1.82, 2.24) is 25.1 Å². The highest BCUT2D eigenvalue weighted by molar-refractivity contribution is 5.91. The maximum atomic E-state index is 8.75. The van der Waals surface area contributed by atoms with Crippen molar-refractivity contribution >= 4 is 28.5 Å². The van der Waals surface area contributed by atoms with E-state index in [4.69, 9.17) is 15.2 Å². The average molecular weight is 376 g/mol. The van der Waals surface area contributed by atoms with Gasteiger partial charge in [0, 0.05) is 49.2 Å². The number of hydrogen-bond donors (Lipinski definition) is 3. The van der Waals surface area contributed by atoms with E-state index in [1.165, 1.54) is 0 Å². The number of rotatable bonds is 6. The van der Waals surface area contributed by atoms with Crippen molar-refractivity contribution in [1.29, 1.82) is 5.26 Å². The fraction of sp³-hybridized carbons (Fsp3) is 0.400. The lowest BCUT2D eigenvalue weighted by molar-refractivity contribution is 0.223. The van der Waals surface area contributed by atoms with Crippen molar-refractivity contribution in [2.24, 2.45) is 0 Å². The molecule has 0 unspecified atom stereocenters. The van der Waals surface area contributed by atoms with Crippen LogP contribution in [0.2, 0.25) is 0 Å². The Labute approximate surface area is 164 Å². The molecule has 3 N–H and O–H groups in total. The van der Waals surface area contributed by atoms with Crippen LogP contribution in [0.5, 0.6) is 0 Å². The molecule has 8 heteroatoms. The molecule has 1 fully saturated rings. The molecule has 3 heterocycles. The first-order valence-corrected chi connectivity index (χ1v) is 9.63. The predicted octanol–water partition coefficient (Wildman–Crippen LogP) is 3.19. The number of benzene rings is 1. The fourth-order valence-corrected chi connectivity index (χ4v) is 3.53. The number of piperidine rings is 1. The Morgan fingerprint density at radius 1 is 1.25 bits per heavy atom. The number of anilines is 3. The second kappa shape index (κ2) is 8.23. The molecule has 1 aliphatic rings. The van der Waals surface area contributed by atoms with Gasteiger partial charge in [-0.3, -0.25) is 5.10 Å². The molecule has 1 aromatic carbocycles. The number of aryl methyl sites for hydroxylation is 1. The van der Waals surface area contributed by atoms with E-state index in [1.807, 2.05) is 37.3 Å². The highest BCUT2D eigenvalue weighted by atomic mass is 15.2. The lowest BCUT2D eigenvalue weighted by Gasteiger charge is -2.31. The summed E-state index contributed by atoms with van der Waals surface area (Å²) in [6.45, 7) is 4.80. The van der Waals surface area contributed by atoms with Crippen LogP contribution in [-0.2, 0) is 0 Å². The normalized spacial score (nSPS) is 15.4. The fourth-order valence-electron chi connectivity index (χ4n) is 3.53. The average Bonchev–Trinajstić information content (AvgIpc) is 3.12. The van der Waals surface area contributed by atoms with E-state index in [0.717, 1.165) is 60.7 Å². The summed E-state index contributed by atoms with van der Waals surface area (Å²) in [5.74, 6) is 2.10. The third-order valence-electron chi connectivity index (χ3n) is 5.02. The Morgan fingerprint density at radius 3 is 2.82 bits per heavy atom. The Kier molecular flexibility index (Phi) is 5.35. The van der Waals surface area contributed by atoms with Crippen LogP contribution in [0, 0.1) is 18.3 Å². The molecule has 2 aromatic heterocycles. The minimum atomic E-state index is 0.333. The van der Waals surface area contributed by atoms with Gasteiger partial charge in [-0.25, -0.2) is 4.98 Å². The zero-order valence-corrected chi connectivity index (χ0v) is 15.9. The summed E-state index contributed by atoms with van der Waals surface area (Å²) in [6, 6.07) is 12.5. The van der Waals surface area contributed by atoms with Gasteiger partial charge in [0.15, 0.2) is 5.82 Å². The largest absolute Gasteiger partial charge is 0.351 e. The van der Waals surface area contributed by atoms with Crippen molar-refractivity contribution in [2.45, 2.75) is 32.2 Å². The van der Waals surface area contributed by atoms with E-state index in [-0.39, 0.29) is 0 Å². The molecule has 0 radical (unpaired) electrons. The number of para-hydroxylation sites is 1. The molecule has 0 aliphatic carbocycles. The van der Waals surface area contributed by atoms with Crippen molar-refractivity contribution in [3.8, 4) is 6.07 Å². The Morgan fingerprint density at radius 2 is 2.07 bits per heavy atom. The van der Waals surface area contributed by atoms with Crippen LogP contribution in [0.1, 0.15) is 25.0 Å². The third-order valence-corrected chi connectivity index (χ3v) is 5.02. The molecule has 0 saturated carbocycles. The van der Waals surface area contributed by atoms with Gasteiger partial charge >= 0.3 is 0 Å². The van der Waals surface area contributed by atoms with Crippen molar-refractivity contribution in [2.75, 3.05) is 30.3 Å². The summed E-state index contributed by atoms with van der Waals surface area (Å²) >= 11 is 0. The molecular weight excluding hydrogens is 352 g/mol. The summed E-state index contributed by atoms with van der Waals surface area (Å²) in [5.41, 5.74) is 1.88. The van der Waals surface area contributed by atoms with Gasteiger partial charge in [0.2, 0.25) is 5.95 Å². The number of aromatic amines is 1. The quantitative estimate of drug-likeness (QED) is 0.606. The zero-order valence-electron chi connectivity index (χ0n) is 15.9. The first kappa shape index (κ1) is 18.2. The first-order valence-electron chi connectivity index (χ1n) is 9.63. The summed E-state index contributed by atoms with van der Waals surface area (Å²) < 4.78 is 0. The van der Waals surface area contributed by atoms with Crippen LogP contribution in [0.25, 0.3) is 10.9 Å². The van der Waals surface area contributed by atoms with Gasteiger partial charge in [-0.1, -0.05) is 12.1 Å². The number of likely N-dealkylation sites (tertiary alicyclic amines) is 1. The van der Waals surface area contributed by atoms with Crippen LogP contribution in [-0.4, -0.2) is 50.7 Å². The minimum Gasteiger partial charge on any atom is -0.351 e. The number of nitrogens with one attached hydrogen (secondary N) is 3. The number of aromatic nitrogens is 4. The predicted molar refractivity (Wildman–Crippen MR) is 109 cm³/mol. The van der Waals surface area contributed by atoms with Gasteiger partial charge in [-0.2, -0.15) is 15.3 Å². The van der Waals surface area contributed by atoms with E-state index in [0.29, 0.717) is 18.4 Å². The van der Waals surface area contributed by atoms with Gasteiger partial charge in [0.05, 0.1) is 11.6 Å². The molecule has 1 aliphatic heterocycles. The number of H-pyrrole nitrogens is 1. The second-order valence-electron chi connectivity index (χ2n) is 7.14. The summed E-state index contributed by atoms with van der Waals surface area (Å²) in [4.78, 5) is 11.8. The highest BCUT2D eigenvalue weighted by Crippen LogP contribution is 2.25. The maximum absolute atomic E-state index is 8.75. The van der Waals surface area contributed by atoms with Gasteiger partial charge in [-0.15, -0.1) is 0 Å². The van der Waals surface area contributed by atoms with E-state index in [9.17, 15) is 0 Å². The van der Waals surface area contributed by atoms with Gasteiger partial charge < -0.3 is 15.5 Å². The lowest BCUT2D eigenvalue weighted by atomic mass is 10.1. The number of nitriles is 1. The van der Waals surface area contributed by atoms with E-state index < -0.39 is 0 Å². The van der Waals surface area contributed by atoms with Crippen molar-refractivity contribution in [3.05, 3.63) is 36.0 Å². The molecule has 4 rings (SSSR count). The van der Waals surface area contributed by atoms with Crippen LogP contribution >= 0.6 is 0 Å². The number of nitrogens with zero attached hydrogens (tertiary/aromatic N) is 5. The molecule has 3 aromatic rings. The first-order chi connectivity index (χ1) is 13.7. The van der Waals surface area contributed by atoms with E-state index >= 15 is 0 Å². The smallest absolute Gasteiger partial charge is 0.225 e. The SMILES string of the molecule is Cc1cc(Nc2nc(NC3CCN(CCC#N)CC3)nc3ccccc23)n[nH]1. The maximum Gasteiger partial charge on any atom is 0.225 e. The topological polar surface area (TPSA) is 106 Å². The van der Waals surface area contributed by atoms with Crippen LogP contribution in [0.15, 0.2) is 30.3 Å². The van der Waals surface area contributed by atoms with Gasteiger partial charge in [-0.05, 0) is 31.9 Å². The number of hydrogen-bond acceptors (Lipinski definition) is 7. The Balaban J connectivity index is 1.51. The second-order valence-corrected chi connectivity index (χ2v) is 7.14. The molecule has 144 valence electrons. The summed E-state index contributed by atoms with van der Waals surface area (Å²) in [6.07, 6.45) is 2.62. The number of fused-ring (bicyclic) bond motifs is 1. The molecule has 8 nitrogen and oxygen atoms in total. The minimum absolute atomic E-state index is 0.333. The molecule has 0 spiro atoms. The molecule has 28 heavy (non-hydrogen) atoms. The van der Waals surface area contributed by atoms with Crippen molar-refractivity contribution < 1.29 is 0 Å². The van der Waals surface area contributed by atoms with Gasteiger partial charge in [0.1, 0.15) is 5.82 Å². The van der Waals surface area contributed by atoms with Gasteiger partial charge in [0.25, 0.3) is 0 Å². The molecule has 0 atom stereocenters. The Hall–Kier alpha value is -3.18. The highest BCUT2D eigenvalue weighted by Gasteiger charge is 2.20. The standard InChI is InChI=1S/C20H24N8/c1-14-13-18(27-26-14)24-19-16-5-2-3-6-17(16)23-20(25-19)22-15-7-11-28(12-8-15)10-4-9-21/h2-3,5-6,13,15H,4,7-8,10-12H2,1H3,(H3,22,23,24,25,26,27). The van der Waals surface area contributed by atoms with E-state index in [2.05, 4.69) is 31.8 Å². The van der Waals surface area contributed by atoms with Crippen molar-refractivity contribution in [3.63, 3.8) is 0 Å². The summed E-state index contributed by atoms with van der Waals surface area (Å²) in [7, 11) is 0. The van der Waals surface area contributed by atoms with Crippen LogP contribution in [0.3, 0.4) is 0 Å². The molecule has 1 saturated heterocycles. The monoisotopic (exact) mass is 376 g/mol. The van der Waals surface area contributed by atoms with Crippen LogP contribution < -0.4 is 10.6 Å². The van der Waals surface area contributed by atoms with Crippen LogP contribution in [0.4, 0.5) is 17.6 Å². The lowest BCUT2D eigenvalue weighted by Crippen LogP contribution is -2.39.